The van der Waals surface area contributed by atoms with Crippen LogP contribution in [0.2, 0.25) is 0 Å². The van der Waals surface area contributed by atoms with E-state index in [1.807, 2.05) is 0 Å². The van der Waals surface area contributed by atoms with E-state index in [9.17, 15) is 4.79 Å². The molecule has 2 bridgehead atoms. The quantitative estimate of drug-likeness (QED) is 0.823. The fraction of sp³-hybridized carbons (Fsp3) is 0.938. The summed E-state index contributed by atoms with van der Waals surface area (Å²) in [5, 5.41) is 3.35. The molecule has 0 spiro atoms. The van der Waals surface area contributed by atoms with Crippen molar-refractivity contribution in [2.75, 3.05) is 13.6 Å². The minimum Gasteiger partial charge on any atom is -0.353 e. The molecule has 20 heavy (non-hydrogen) atoms. The average molecular weight is 279 g/mol. The van der Waals surface area contributed by atoms with Gasteiger partial charge in [-0.25, -0.2) is 0 Å². The zero-order valence-corrected chi connectivity index (χ0v) is 12.7. The number of carbonyl (C=O) groups is 1. The van der Waals surface area contributed by atoms with Gasteiger partial charge >= 0.3 is 0 Å². The van der Waals surface area contributed by atoms with Crippen LogP contribution < -0.4 is 11.1 Å². The molecule has 2 heterocycles. The van der Waals surface area contributed by atoms with Gasteiger partial charge in [0.1, 0.15) is 0 Å². The van der Waals surface area contributed by atoms with E-state index in [4.69, 9.17) is 5.73 Å². The third-order valence-electron chi connectivity index (χ3n) is 5.98. The van der Waals surface area contributed by atoms with Crippen molar-refractivity contribution in [3.63, 3.8) is 0 Å². The van der Waals surface area contributed by atoms with Crippen molar-refractivity contribution in [1.82, 2.24) is 10.2 Å². The molecule has 0 aromatic carbocycles. The van der Waals surface area contributed by atoms with Gasteiger partial charge in [-0.3, -0.25) is 4.79 Å². The van der Waals surface area contributed by atoms with Crippen molar-refractivity contribution in [2.24, 2.45) is 17.6 Å². The normalized spacial score (nSPS) is 41.6. The summed E-state index contributed by atoms with van der Waals surface area (Å²) in [7, 11) is 2.26. The molecule has 4 atom stereocenters. The van der Waals surface area contributed by atoms with E-state index in [0.717, 1.165) is 25.7 Å². The lowest BCUT2D eigenvalue weighted by Gasteiger charge is -2.47. The topological polar surface area (TPSA) is 58.4 Å². The van der Waals surface area contributed by atoms with Crippen molar-refractivity contribution in [3.05, 3.63) is 0 Å². The van der Waals surface area contributed by atoms with Crippen molar-refractivity contribution in [1.29, 1.82) is 0 Å². The minimum atomic E-state index is 0.180. The molecule has 3 rings (SSSR count). The molecule has 4 unspecified atom stereocenters. The number of nitrogens with two attached hydrogens (primary N) is 1. The predicted molar refractivity (Wildman–Crippen MR) is 80.2 cm³/mol. The third-order valence-corrected chi connectivity index (χ3v) is 5.98. The first-order chi connectivity index (χ1) is 9.69. The van der Waals surface area contributed by atoms with Gasteiger partial charge in [0.05, 0.1) is 0 Å². The maximum Gasteiger partial charge on any atom is 0.223 e. The SMILES string of the molecule is CN1C2CCCC1CC(NC(=O)C1CCCC1CN)C2. The van der Waals surface area contributed by atoms with Crippen LogP contribution in [-0.2, 0) is 4.79 Å². The Morgan fingerprint density at radius 2 is 1.80 bits per heavy atom. The van der Waals surface area contributed by atoms with Gasteiger partial charge < -0.3 is 16.0 Å². The van der Waals surface area contributed by atoms with Crippen LogP contribution in [0, 0.1) is 11.8 Å². The van der Waals surface area contributed by atoms with Crippen LogP contribution in [0.4, 0.5) is 0 Å². The summed E-state index contributed by atoms with van der Waals surface area (Å²) in [5.41, 5.74) is 5.80. The smallest absolute Gasteiger partial charge is 0.223 e. The second-order valence-corrected chi connectivity index (χ2v) is 7.11. The molecule has 1 aliphatic carbocycles. The molecule has 0 aromatic rings. The molecule has 0 radical (unpaired) electrons. The average Bonchev–Trinajstić information content (AvgIpc) is 2.88. The molecular weight excluding hydrogens is 250 g/mol. The van der Waals surface area contributed by atoms with Gasteiger partial charge in [0.25, 0.3) is 0 Å². The highest BCUT2D eigenvalue weighted by atomic mass is 16.2. The molecule has 3 aliphatic rings. The van der Waals surface area contributed by atoms with E-state index in [-0.39, 0.29) is 11.8 Å². The summed E-state index contributed by atoms with van der Waals surface area (Å²) in [6.45, 7) is 0.663. The Morgan fingerprint density at radius 1 is 1.15 bits per heavy atom. The fourth-order valence-corrected chi connectivity index (χ4v) is 4.71. The lowest BCUT2D eigenvalue weighted by Crippen LogP contribution is -2.56. The molecule has 0 aromatic heterocycles. The summed E-state index contributed by atoms with van der Waals surface area (Å²) in [4.78, 5) is 15.0. The number of rotatable bonds is 3. The molecule has 1 saturated carbocycles. The lowest BCUT2D eigenvalue weighted by atomic mass is 9.82. The summed E-state index contributed by atoms with van der Waals surface area (Å²) >= 11 is 0. The summed E-state index contributed by atoms with van der Waals surface area (Å²) in [6, 6.07) is 1.76. The Kier molecular flexibility index (Phi) is 4.32. The van der Waals surface area contributed by atoms with Gasteiger partial charge in [-0.15, -0.1) is 0 Å². The Labute approximate surface area is 122 Å². The lowest BCUT2D eigenvalue weighted by molar-refractivity contribution is -0.127. The number of fused-ring (bicyclic) bond motifs is 2. The summed E-state index contributed by atoms with van der Waals surface area (Å²) in [6.07, 6.45) is 9.57. The van der Waals surface area contributed by atoms with E-state index < -0.39 is 0 Å². The van der Waals surface area contributed by atoms with Crippen molar-refractivity contribution in [2.45, 2.75) is 69.5 Å². The van der Waals surface area contributed by atoms with E-state index in [0.29, 0.717) is 30.6 Å². The van der Waals surface area contributed by atoms with Crippen LogP contribution in [0.5, 0.6) is 0 Å². The van der Waals surface area contributed by atoms with Gasteiger partial charge in [-0.2, -0.15) is 0 Å². The Morgan fingerprint density at radius 3 is 2.45 bits per heavy atom. The first kappa shape index (κ1) is 14.3. The second-order valence-electron chi connectivity index (χ2n) is 7.11. The zero-order chi connectivity index (χ0) is 14.1. The fourth-order valence-electron chi connectivity index (χ4n) is 4.71. The summed E-state index contributed by atoms with van der Waals surface area (Å²) < 4.78 is 0. The minimum absolute atomic E-state index is 0.180. The van der Waals surface area contributed by atoms with Gasteiger partial charge in [0.2, 0.25) is 5.91 Å². The van der Waals surface area contributed by atoms with Crippen LogP contribution in [-0.4, -0.2) is 42.5 Å². The Balaban J connectivity index is 1.57. The largest absolute Gasteiger partial charge is 0.353 e. The van der Waals surface area contributed by atoms with E-state index in [1.54, 1.807) is 0 Å². The van der Waals surface area contributed by atoms with Gasteiger partial charge in [-0.1, -0.05) is 12.8 Å². The van der Waals surface area contributed by atoms with Crippen LogP contribution in [0.3, 0.4) is 0 Å². The van der Waals surface area contributed by atoms with Crippen LogP contribution >= 0.6 is 0 Å². The predicted octanol–water partition coefficient (Wildman–Crippen LogP) is 1.49. The van der Waals surface area contributed by atoms with Gasteiger partial charge in [0, 0.05) is 24.0 Å². The number of nitrogens with one attached hydrogen (secondary N) is 1. The van der Waals surface area contributed by atoms with Crippen LogP contribution in [0.25, 0.3) is 0 Å². The van der Waals surface area contributed by atoms with E-state index in [2.05, 4.69) is 17.3 Å². The maximum atomic E-state index is 12.5. The number of hydrogen-bond donors (Lipinski definition) is 2. The molecule has 2 saturated heterocycles. The number of piperidine rings is 2. The van der Waals surface area contributed by atoms with Gasteiger partial charge in [0.15, 0.2) is 0 Å². The molecule has 3 fully saturated rings. The van der Waals surface area contributed by atoms with Crippen LogP contribution in [0.15, 0.2) is 0 Å². The van der Waals surface area contributed by atoms with Crippen molar-refractivity contribution < 1.29 is 4.79 Å². The van der Waals surface area contributed by atoms with E-state index in [1.165, 1.54) is 25.7 Å². The highest BCUT2D eigenvalue weighted by Gasteiger charge is 2.38. The van der Waals surface area contributed by atoms with Crippen LogP contribution in [0.1, 0.15) is 51.4 Å². The molecule has 4 heteroatoms. The molecule has 4 nitrogen and oxygen atoms in total. The highest BCUT2D eigenvalue weighted by molar-refractivity contribution is 5.79. The van der Waals surface area contributed by atoms with E-state index >= 15 is 0 Å². The number of carbonyl (C=O) groups excluding carboxylic acids is 1. The first-order valence-electron chi connectivity index (χ1n) is 8.41. The monoisotopic (exact) mass is 279 g/mol. The van der Waals surface area contributed by atoms with Gasteiger partial charge in [-0.05, 0) is 58.0 Å². The standard InChI is InChI=1S/C16H29N3O/c1-19-13-5-3-6-14(19)9-12(8-13)18-16(20)15-7-2-4-11(15)10-17/h11-15H,2-10,17H2,1H3,(H,18,20). The Bertz CT molecular complexity index is 346. The third kappa shape index (κ3) is 2.73. The Hall–Kier alpha value is -0.610. The number of hydrogen-bond acceptors (Lipinski definition) is 3. The molecule has 114 valence electrons. The molecule has 3 N–H and O–H groups in total. The highest BCUT2D eigenvalue weighted by Crippen LogP contribution is 2.34. The first-order valence-corrected chi connectivity index (χ1v) is 8.41. The number of nitrogens with zero attached hydrogens (tertiary/aromatic N) is 1. The molecule has 1 amide bonds. The van der Waals surface area contributed by atoms with Crippen molar-refractivity contribution in [3.8, 4) is 0 Å². The summed E-state index contributed by atoms with van der Waals surface area (Å²) in [5.74, 6) is 0.880. The maximum absolute atomic E-state index is 12.5. The second kappa shape index (κ2) is 6.02. The zero-order valence-electron chi connectivity index (χ0n) is 12.7. The molecular formula is C16H29N3O. The number of amides is 1. The molecule has 2 aliphatic heterocycles. The van der Waals surface area contributed by atoms with Crippen molar-refractivity contribution >= 4 is 5.91 Å².